The van der Waals surface area contributed by atoms with Gasteiger partial charge in [-0.05, 0) is 24.6 Å². The number of nitrogens with one attached hydrogen (secondary N) is 1. The molecule has 1 atom stereocenters. The lowest BCUT2D eigenvalue weighted by atomic mass is 10.1. The van der Waals surface area contributed by atoms with Gasteiger partial charge in [0.25, 0.3) is 5.56 Å². The number of carbonyl (C=O) groups is 2. The molecule has 10 heteroatoms. The van der Waals surface area contributed by atoms with Crippen molar-refractivity contribution in [2.24, 2.45) is 0 Å². The molecule has 0 radical (unpaired) electrons. The highest BCUT2D eigenvalue weighted by molar-refractivity contribution is 5.88. The van der Waals surface area contributed by atoms with E-state index in [0.717, 1.165) is 43.0 Å². The highest BCUT2D eigenvalue weighted by Crippen LogP contribution is 2.28. The minimum absolute atomic E-state index is 0.0336. The maximum Gasteiger partial charge on any atom is 0.314 e. The van der Waals surface area contributed by atoms with Gasteiger partial charge >= 0.3 is 11.9 Å². The summed E-state index contributed by atoms with van der Waals surface area (Å²) >= 11 is 0. The summed E-state index contributed by atoms with van der Waals surface area (Å²) in [5.41, 5.74) is 3.06. The standard InChI is InChI=1S/C22H23N5O.C3H4O4/c1-16(17-7-3-2-4-8-17)26-18-9-5-6-10-19(18)27-21(28)15-20(24-22(26)27)25-13-11-23-12-14-25;4-2(5)1-3(6)7/h2-10,15-16,23H,11-14H2,1H3;1H2,(H,4,5)(H,6,7). The van der Waals surface area contributed by atoms with Gasteiger partial charge in [-0.1, -0.05) is 42.5 Å². The summed E-state index contributed by atoms with van der Waals surface area (Å²) in [5, 5.41) is 18.8. The summed E-state index contributed by atoms with van der Waals surface area (Å²) in [5.74, 6) is -1.17. The predicted molar refractivity (Wildman–Crippen MR) is 132 cm³/mol. The van der Waals surface area contributed by atoms with Crippen LogP contribution in [0.4, 0.5) is 5.82 Å². The van der Waals surface area contributed by atoms with Crippen molar-refractivity contribution >= 4 is 34.6 Å². The van der Waals surface area contributed by atoms with Gasteiger partial charge < -0.3 is 25.0 Å². The van der Waals surface area contributed by atoms with E-state index in [2.05, 4.69) is 39.9 Å². The lowest BCUT2D eigenvalue weighted by Crippen LogP contribution is -2.44. The first kappa shape index (κ1) is 24.0. The van der Waals surface area contributed by atoms with Crippen LogP contribution < -0.4 is 15.8 Å². The van der Waals surface area contributed by atoms with E-state index in [1.165, 1.54) is 5.56 Å². The first-order valence-electron chi connectivity index (χ1n) is 11.3. The molecule has 1 saturated heterocycles. The van der Waals surface area contributed by atoms with Crippen LogP contribution in [0.15, 0.2) is 65.5 Å². The zero-order valence-corrected chi connectivity index (χ0v) is 19.3. The van der Waals surface area contributed by atoms with Crippen molar-refractivity contribution in [1.29, 1.82) is 0 Å². The third kappa shape index (κ3) is 5.17. The molecule has 2 aromatic heterocycles. The van der Waals surface area contributed by atoms with Crippen molar-refractivity contribution in [3.8, 4) is 0 Å². The number of anilines is 1. The Morgan fingerprint density at radius 2 is 1.57 bits per heavy atom. The Labute approximate surface area is 201 Å². The monoisotopic (exact) mass is 477 g/mol. The van der Waals surface area contributed by atoms with Crippen LogP contribution in [0.25, 0.3) is 16.8 Å². The van der Waals surface area contributed by atoms with Gasteiger partial charge in [0.15, 0.2) is 0 Å². The van der Waals surface area contributed by atoms with Gasteiger partial charge in [0.1, 0.15) is 12.2 Å². The number of carboxylic acids is 2. The summed E-state index contributed by atoms with van der Waals surface area (Å²) in [6.45, 7) is 5.69. The van der Waals surface area contributed by atoms with Gasteiger partial charge in [-0.2, -0.15) is 4.98 Å². The number of carboxylic acid groups (broad SMARTS) is 2. The molecule has 5 rings (SSSR count). The van der Waals surface area contributed by atoms with Crippen molar-refractivity contribution < 1.29 is 19.8 Å². The summed E-state index contributed by atoms with van der Waals surface area (Å²) in [7, 11) is 0. The number of aromatic nitrogens is 3. The number of nitrogens with zero attached hydrogens (tertiary/aromatic N) is 4. The summed E-state index contributed by atoms with van der Waals surface area (Å²) in [6, 6.07) is 20.1. The fourth-order valence-corrected chi connectivity index (χ4v) is 4.26. The number of benzene rings is 2. The molecule has 4 aromatic rings. The topological polar surface area (TPSA) is 129 Å². The molecule has 3 heterocycles. The normalized spacial score (nSPS) is 14.4. The smallest absolute Gasteiger partial charge is 0.314 e. The Morgan fingerprint density at radius 1 is 0.971 bits per heavy atom. The van der Waals surface area contributed by atoms with Crippen LogP contribution >= 0.6 is 0 Å². The number of fused-ring (bicyclic) bond motifs is 3. The Bertz CT molecular complexity index is 1390. The Hall–Kier alpha value is -4.18. The molecule has 1 aliphatic heterocycles. The molecule has 3 N–H and O–H groups in total. The van der Waals surface area contributed by atoms with E-state index in [4.69, 9.17) is 15.2 Å². The third-order valence-electron chi connectivity index (χ3n) is 5.90. The summed E-state index contributed by atoms with van der Waals surface area (Å²) in [6.07, 6.45) is -0.806. The van der Waals surface area contributed by atoms with E-state index in [9.17, 15) is 14.4 Å². The van der Waals surface area contributed by atoms with Crippen LogP contribution in [0.3, 0.4) is 0 Å². The average molecular weight is 478 g/mol. The Kier molecular flexibility index (Phi) is 7.11. The van der Waals surface area contributed by atoms with Crippen molar-refractivity contribution in [3.05, 3.63) is 76.6 Å². The first-order valence-corrected chi connectivity index (χ1v) is 11.3. The Balaban J connectivity index is 0.000000364. The fourth-order valence-electron chi connectivity index (χ4n) is 4.26. The highest BCUT2D eigenvalue weighted by atomic mass is 16.4. The van der Waals surface area contributed by atoms with E-state index < -0.39 is 18.4 Å². The quantitative estimate of drug-likeness (QED) is 0.373. The second-order valence-corrected chi connectivity index (χ2v) is 8.23. The largest absolute Gasteiger partial charge is 0.481 e. The zero-order valence-electron chi connectivity index (χ0n) is 19.3. The van der Waals surface area contributed by atoms with E-state index in [1.807, 2.05) is 36.4 Å². The highest BCUT2D eigenvalue weighted by Gasteiger charge is 2.21. The minimum atomic E-state index is -1.31. The fraction of sp³-hybridized carbons (Fsp3) is 0.280. The maximum atomic E-state index is 13.1. The van der Waals surface area contributed by atoms with Gasteiger partial charge in [-0.15, -0.1) is 0 Å². The molecular weight excluding hydrogens is 450 g/mol. The number of hydrogen-bond donors (Lipinski definition) is 3. The summed E-state index contributed by atoms with van der Waals surface area (Å²) < 4.78 is 3.91. The van der Waals surface area contributed by atoms with Crippen molar-refractivity contribution in [3.63, 3.8) is 0 Å². The van der Waals surface area contributed by atoms with Crippen LogP contribution in [-0.2, 0) is 9.59 Å². The average Bonchev–Trinajstić information content (AvgIpc) is 3.19. The number of rotatable bonds is 5. The van der Waals surface area contributed by atoms with Crippen molar-refractivity contribution in [2.45, 2.75) is 19.4 Å². The van der Waals surface area contributed by atoms with Gasteiger partial charge in [0.05, 0.1) is 17.1 Å². The van der Waals surface area contributed by atoms with Crippen LogP contribution in [0, 0.1) is 0 Å². The lowest BCUT2D eigenvalue weighted by molar-refractivity contribution is -0.147. The van der Waals surface area contributed by atoms with Gasteiger partial charge in [-0.25, -0.2) is 4.40 Å². The lowest BCUT2D eigenvalue weighted by Gasteiger charge is -2.28. The molecule has 0 spiro atoms. The van der Waals surface area contributed by atoms with Gasteiger partial charge in [-0.3, -0.25) is 14.4 Å². The minimum Gasteiger partial charge on any atom is -0.481 e. The van der Waals surface area contributed by atoms with Crippen molar-refractivity contribution in [2.75, 3.05) is 31.1 Å². The molecule has 0 saturated carbocycles. The van der Waals surface area contributed by atoms with Gasteiger partial charge in [0.2, 0.25) is 5.78 Å². The van der Waals surface area contributed by atoms with Crippen LogP contribution in [0.2, 0.25) is 0 Å². The second kappa shape index (κ2) is 10.4. The SMILES string of the molecule is CC(c1ccccc1)n1c2ccccc2n2c(=O)cc(N3CCNCC3)nc12.O=C(O)CC(=O)O. The molecule has 1 aliphatic rings. The number of piperazine rings is 1. The van der Waals surface area contributed by atoms with E-state index >= 15 is 0 Å². The van der Waals surface area contributed by atoms with Crippen molar-refractivity contribution in [1.82, 2.24) is 19.3 Å². The number of hydrogen-bond acceptors (Lipinski definition) is 6. The molecule has 0 aliphatic carbocycles. The zero-order chi connectivity index (χ0) is 24.9. The van der Waals surface area contributed by atoms with Crippen LogP contribution in [-0.4, -0.2) is 62.3 Å². The molecule has 2 aromatic carbocycles. The molecule has 0 amide bonds. The number of para-hydroxylation sites is 2. The van der Waals surface area contributed by atoms with E-state index in [1.54, 1.807) is 10.5 Å². The van der Waals surface area contributed by atoms with E-state index in [0.29, 0.717) is 5.78 Å². The molecule has 0 bridgehead atoms. The van der Waals surface area contributed by atoms with Gasteiger partial charge in [0, 0.05) is 32.2 Å². The van der Waals surface area contributed by atoms with Crippen LogP contribution in [0.5, 0.6) is 0 Å². The molecular formula is C25H27N5O5. The van der Waals surface area contributed by atoms with Crippen LogP contribution in [0.1, 0.15) is 24.9 Å². The Morgan fingerprint density at radius 3 is 2.17 bits per heavy atom. The molecule has 1 unspecified atom stereocenters. The maximum absolute atomic E-state index is 13.1. The van der Waals surface area contributed by atoms with E-state index in [-0.39, 0.29) is 11.6 Å². The first-order chi connectivity index (χ1) is 16.9. The number of imidazole rings is 1. The second-order valence-electron chi connectivity index (χ2n) is 8.23. The molecule has 10 nitrogen and oxygen atoms in total. The molecule has 35 heavy (non-hydrogen) atoms. The predicted octanol–water partition coefficient (Wildman–Crippen LogP) is 2.21. The molecule has 182 valence electrons. The summed E-state index contributed by atoms with van der Waals surface area (Å²) in [4.78, 5) is 39.1. The third-order valence-corrected chi connectivity index (χ3v) is 5.90. The molecule has 1 fully saturated rings. The number of aliphatic carboxylic acids is 2.